The minimum atomic E-state index is -0.523. The smallest absolute Gasteiger partial charge is 0.261 e. The number of halogens is 1. The fraction of sp³-hybridized carbons (Fsp3) is 0.333. The Morgan fingerprint density at radius 2 is 1.62 bits per heavy atom. The highest BCUT2D eigenvalue weighted by Gasteiger charge is 2.24. The third-order valence-electron chi connectivity index (χ3n) is 5.78. The summed E-state index contributed by atoms with van der Waals surface area (Å²) in [5.74, 6) is -0.643. The van der Waals surface area contributed by atoms with Crippen LogP contribution < -0.4 is 5.56 Å². The molecule has 7 nitrogen and oxygen atoms in total. The van der Waals surface area contributed by atoms with Gasteiger partial charge in [0, 0.05) is 32.6 Å². The predicted molar refractivity (Wildman–Crippen MR) is 119 cm³/mol. The number of hydrogen-bond donors (Lipinski definition) is 0. The van der Waals surface area contributed by atoms with Crippen molar-refractivity contribution in [3.8, 4) is 0 Å². The maximum absolute atomic E-state index is 13.5. The van der Waals surface area contributed by atoms with Gasteiger partial charge in [0.2, 0.25) is 11.8 Å². The molecule has 0 saturated carbocycles. The average Bonchev–Trinajstić information content (AvgIpc) is 2.82. The van der Waals surface area contributed by atoms with Gasteiger partial charge in [-0.15, -0.1) is 0 Å². The number of aromatic nitrogens is 2. The van der Waals surface area contributed by atoms with E-state index in [4.69, 9.17) is 0 Å². The molecule has 1 aromatic heterocycles. The van der Waals surface area contributed by atoms with E-state index in [0.717, 1.165) is 18.9 Å². The lowest BCUT2D eigenvalue weighted by Gasteiger charge is -2.35. The van der Waals surface area contributed by atoms with Crippen molar-refractivity contribution < 1.29 is 14.0 Å². The van der Waals surface area contributed by atoms with Crippen molar-refractivity contribution in [1.29, 1.82) is 0 Å². The second-order valence-corrected chi connectivity index (χ2v) is 7.94. The van der Waals surface area contributed by atoms with Gasteiger partial charge in [-0.25, -0.2) is 9.37 Å². The molecule has 1 aliphatic rings. The summed E-state index contributed by atoms with van der Waals surface area (Å²) in [5, 5.41) is 0.145. The highest BCUT2D eigenvalue weighted by Crippen LogP contribution is 2.11. The third-order valence-corrected chi connectivity index (χ3v) is 5.78. The number of aryl methyl sites for hydroxylation is 1. The van der Waals surface area contributed by atoms with Gasteiger partial charge in [-0.2, -0.15) is 0 Å². The van der Waals surface area contributed by atoms with Gasteiger partial charge in [-0.05, 0) is 36.6 Å². The molecule has 2 amide bonds. The quantitative estimate of drug-likeness (QED) is 0.594. The van der Waals surface area contributed by atoms with Crippen LogP contribution in [-0.4, -0.2) is 57.3 Å². The van der Waals surface area contributed by atoms with Crippen LogP contribution in [0.4, 0.5) is 4.39 Å². The molecule has 1 fully saturated rings. The molecule has 1 aliphatic heterocycles. The molecule has 2 aromatic carbocycles. The Balaban J connectivity index is 1.28. The van der Waals surface area contributed by atoms with E-state index in [-0.39, 0.29) is 23.7 Å². The van der Waals surface area contributed by atoms with Gasteiger partial charge in [-0.1, -0.05) is 30.3 Å². The summed E-state index contributed by atoms with van der Waals surface area (Å²) in [7, 11) is 0. The summed E-state index contributed by atoms with van der Waals surface area (Å²) >= 11 is 0. The average molecular weight is 436 g/mol. The monoisotopic (exact) mass is 436 g/mol. The lowest BCUT2D eigenvalue weighted by Crippen LogP contribution is -2.51. The summed E-state index contributed by atoms with van der Waals surface area (Å²) in [4.78, 5) is 45.3. The number of nitrogens with zero attached hydrogens (tertiary/aromatic N) is 4. The highest BCUT2D eigenvalue weighted by molar-refractivity contribution is 5.80. The molecule has 8 heteroatoms. The second kappa shape index (κ2) is 9.72. The first-order chi connectivity index (χ1) is 15.5. The normalized spacial score (nSPS) is 14.0. The van der Waals surface area contributed by atoms with Crippen molar-refractivity contribution in [2.45, 2.75) is 25.8 Å². The van der Waals surface area contributed by atoms with Crippen molar-refractivity contribution in [3.63, 3.8) is 0 Å². The molecule has 0 unspecified atom stereocenters. The number of amides is 2. The summed E-state index contributed by atoms with van der Waals surface area (Å²) in [6, 6.07) is 13.9. The first kappa shape index (κ1) is 21.7. The summed E-state index contributed by atoms with van der Waals surface area (Å²) < 4.78 is 14.7. The van der Waals surface area contributed by atoms with Crippen LogP contribution >= 0.6 is 0 Å². The molecule has 0 radical (unpaired) electrons. The van der Waals surface area contributed by atoms with E-state index in [2.05, 4.69) is 17.1 Å². The standard InChI is InChI=1S/C24H25FN4O3/c25-19-9-10-21-20(15-19)24(32)29(17-26-21)16-23(31)28-13-11-27(12-14-28)22(30)8-4-7-18-5-2-1-3-6-18/h1-3,5-6,9-10,15,17H,4,7-8,11-14,16H2. The van der Waals surface area contributed by atoms with Gasteiger partial charge < -0.3 is 9.80 Å². The predicted octanol–water partition coefficient (Wildman–Crippen LogP) is 2.23. The third kappa shape index (κ3) is 5.01. The SMILES string of the molecule is O=C(CCCc1ccccc1)N1CCN(C(=O)Cn2cnc3ccc(F)cc3c2=O)CC1. The van der Waals surface area contributed by atoms with Gasteiger partial charge in [0.1, 0.15) is 12.4 Å². The van der Waals surface area contributed by atoms with Crippen LogP contribution in [0.2, 0.25) is 0 Å². The van der Waals surface area contributed by atoms with Crippen molar-refractivity contribution in [2.75, 3.05) is 26.2 Å². The zero-order valence-electron chi connectivity index (χ0n) is 17.7. The van der Waals surface area contributed by atoms with Crippen LogP contribution in [0, 0.1) is 5.82 Å². The molecule has 0 aliphatic carbocycles. The van der Waals surface area contributed by atoms with Crippen molar-refractivity contribution >= 4 is 22.7 Å². The lowest BCUT2D eigenvalue weighted by molar-refractivity contribution is -0.140. The Morgan fingerprint density at radius 1 is 0.938 bits per heavy atom. The number of benzene rings is 2. The van der Waals surface area contributed by atoms with E-state index in [9.17, 15) is 18.8 Å². The highest BCUT2D eigenvalue weighted by atomic mass is 19.1. The molecule has 166 valence electrons. The van der Waals surface area contributed by atoms with Crippen LogP contribution in [0.15, 0.2) is 59.7 Å². The van der Waals surface area contributed by atoms with Crippen LogP contribution in [0.25, 0.3) is 10.9 Å². The molecule has 4 rings (SSSR count). The number of fused-ring (bicyclic) bond motifs is 1. The zero-order chi connectivity index (χ0) is 22.5. The Hall–Kier alpha value is -3.55. The van der Waals surface area contributed by atoms with Crippen molar-refractivity contribution in [3.05, 3.63) is 76.6 Å². The molecular formula is C24H25FN4O3. The lowest BCUT2D eigenvalue weighted by atomic mass is 10.1. The fourth-order valence-electron chi connectivity index (χ4n) is 3.94. The Labute approximate surface area is 185 Å². The number of piperazine rings is 1. The van der Waals surface area contributed by atoms with Gasteiger partial charge in [-0.3, -0.25) is 19.0 Å². The fourth-order valence-corrected chi connectivity index (χ4v) is 3.94. The molecule has 0 atom stereocenters. The van der Waals surface area contributed by atoms with Crippen LogP contribution in [0.1, 0.15) is 18.4 Å². The van der Waals surface area contributed by atoms with Crippen LogP contribution in [0.5, 0.6) is 0 Å². The minimum Gasteiger partial charge on any atom is -0.339 e. The topological polar surface area (TPSA) is 75.5 Å². The molecule has 1 saturated heterocycles. The maximum Gasteiger partial charge on any atom is 0.261 e. The van der Waals surface area contributed by atoms with Crippen molar-refractivity contribution in [1.82, 2.24) is 19.4 Å². The summed E-state index contributed by atoms with van der Waals surface area (Å²) in [5.41, 5.74) is 1.16. The molecule has 0 N–H and O–H groups in total. The Morgan fingerprint density at radius 3 is 2.34 bits per heavy atom. The van der Waals surface area contributed by atoms with E-state index in [1.165, 1.54) is 28.6 Å². The van der Waals surface area contributed by atoms with Gasteiger partial charge in [0.25, 0.3) is 5.56 Å². The number of hydrogen-bond acceptors (Lipinski definition) is 4. The summed E-state index contributed by atoms with van der Waals surface area (Å²) in [6.45, 7) is 1.64. The molecule has 0 spiro atoms. The van der Waals surface area contributed by atoms with E-state index in [1.807, 2.05) is 18.2 Å². The zero-order valence-corrected chi connectivity index (χ0v) is 17.7. The van der Waals surface area contributed by atoms with Gasteiger partial charge >= 0.3 is 0 Å². The molecule has 3 aromatic rings. The van der Waals surface area contributed by atoms with Crippen LogP contribution in [-0.2, 0) is 22.6 Å². The Kier molecular flexibility index (Phi) is 6.58. The van der Waals surface area contributed by atoms with E-state index in [1.54, 1.807) is 9.80 Å². The van der Waals surface area contributed by atoms with E-state index < -0.39 is 11.4 Å². The second-order valence-electron chi connectivity index (χ2n) is 7.94. The molecule has 0 bridgehead atoms. The summed E-state index contributed by atoms with van der Waals surface area (Å²) in [6.07, 6.45) is 3.45. The van der Waals surface area contributed by atoms with E-state index in [0.29, 0.717) is 38.1 Å². The molecule has 2 heterocycles. The largest absolute Gasteiger partial charge is 0.339 e. The van der Waals surface area contributed by atoms with Gasteiger partial charge in [0.15, 0.2) is 0 Å². The van der Waals surface area contributed by atoms with Gasteiger partial charge in [0.05, 0.1) is 17.2 Å². The maximum atomic E-state index is 13.5. The van der Waals surface area contributed by atoms with E-state index >= 15 is 0 Å². The minimum absolute atomic E-state index is 0.102. The first-order valence-electron chi connectivity index (χ1n) is 10.8. The number of carbonyl (C=O) groups excluding carboxylic acids is 2. The number of carbonyl (C=O) groups is 2. The van der Waals surface area contributed by atoms with Crippen LogP contribution in [0.3, 0.4) is 0 Å². The molecular weight excluding hydrogens is 411 g/mol. The Bertz CT molecular complexity index is 1170. The first-order valence-corrected chi connectivity index (χ1v) is 10.8. The number of rotatable bonds is 6. The molecule has 32 heavy (non-hydrogen) atoms. The van der Waals surface area contributed by atoms with Crippen molar-refractivity contribution in [2.24, 2.45) is 0 Å².